The fraction of sp³-hybridized carbons (Fsp3) is 0.571. The van der Waals surface area contributed by atoms with Gasteiger partial charge in [0.15, 0.2) is 0 Å². The Balaban J connectivity index is 2.66. The zero-order chi connectivity index (χ0) is 16.3. The first kappa shape index (κ1) is 17.3. The molecule has 2 N–H and O–H groups in total. The van der Waals surface area contributed by atoms with Crippen LogP contribution >= 0.6 is 0 Å². The first-order valence-corrected chi connectivity index (χ1v) is 6.49. The molecule has 0 aromatic carbocycles. The summed E-state index contributed by atoms with van der Waals surface area (Å²) in [4.78, 5) is 14.8. The third-order valence-corrected chi connectivity index (χ3v) is 2.83. The number of hydrogen-bond donors (Lipinski definition) is 2. The molecule has 1 atom stereocenters. The van der Waals surface area contributed by atoms with Gasteiger partial charge in [-0.3, -0.25) is 4.79 Å². The Morgan fingerprint density at radius 2 is 1.95 bits per heavy atom. The van der Waals surface area contributed by atoms with Crippen LogP contribution in [0, 0.1) is 11.3 Å². The van der Waals surface area contributed by atoms with E-state index in [4.69, 9.17) is 5.11 Å². The highest BCUT2D eigenvalue weighted by molar-refractivity contribution is 5.70. The second kappa shape index (κ2) is 6.32. The predicted octanol–water partition coefficient (Wildman–Crippen LogP) is 3.65. The number of halogens is 3. The summed E-state index contributed by atoms with van der Waals surface area (Å²) < 4.78 is 37.2. The Bertz CT molecular complexity index is 478. The average Bonchev–Trinajstić information content (AvgIpc) is 2.32. The summed E-state index contributed by atoms with van der Waals surface area (Å²) in [6.07, 6.45) is -3.25. The lowest BCUT2D eigenvalue weighted by Crippen LogP contribution is -2.27. The maximum Gasteiger partial charge on any atom is 0.417 e. The number of rotatable bonds is 5. The van der Waals surface area contributed by atoms with Gasteiger partial charge in [0.05, 0.1) is 11.5 Å². The molecule has 0 aliphatic carbocycles. The Morgan fingerprint density at radius 1 is 1.33 bits per heavy atom. The number of carboxylic acids is 1. The van der Waals surface area contributed by atoms with Crippen molar-refractivity contribution in [1.29, 1.82) is 0 Å². The Morgan fingerprint density at radius 3 is 2.33 bits per heavy atom. The number of hydrogen-bond acceptors (Lipinski definition) is 3. The van der Waals surface area contributed by atoms with Crippen LogP contribution in [0.15, 0.2) is 18.3 Å². The normalized spacial score (nSPS) is 13.8. The van der Waals surface area contributed by atoms with E-state index in [2.05, 4.69) is 10.3 Å². The van der Waals surface area contributed by atoms with Crippen LogP contribution < -0.4 is 5.32 Å². The summed E-state index contributed by atoms with van der Waals surface area (Å²) in [6, 6.07) is 2.10. The van der Waals surface area contributed by atoms with Crippen molar-refractivity contribution >= 4 is 11.8 Å². The van der Waals surface area contributed by atoms with Gasteiger partial charge in [0.2, 0.25) is 0 Å². The summed E-state index contributed by atoms with van der Waals surface area (Å²) in [5.41, 5.74) is -0.990. The minimum atomic E-state index is -4.43. The van der Waals surface area contributed by atoms with Crippen LogP contribution in [-0.2, 0) is 11.0 Å². The van der Waals surface area contributed by atoms with Gasteiger partial charge in [-0.15, -0.1) is 0 Å². The van der Waals surface area contributed by atoms with Gasteiger partial charge in [-0.2, -0.15) is 13.2 Å². The van der Waals surface area contributed by atoms with Crippen LogP contribution in [-0.4, -0.2) is 22.6 Å². The van der Waals surface area contributed by atoms with Gasteiger partial charge in [0.1, 0.15) is 5.82 Å². The molecule has 118 valence electrons. The van der Waals surface area contributed by atoms with Crippen molar-refractivity contribution in [2.45, 2.75) is 33.4 Å². The van der Waals surface area contributed by atoms with Crippen molar-refractivity contribution in [2.24, 2.45) is 11.3 Å². The third-order valence-electron chi connectivity index (χ3n) is 2.83. The molecule has 21 heavy (non-hydrogen) atoms. The zero-order valence-electron chi connectivity index (χ0n) is 12.2. The largest absolute Gasteiger partial charge is 0.481 e. The number of anilines is 1. The third kappa shape index (κ3) is 6.01. The molecule has 0 fully saturated rings. The molecular formula is C14H19F3N2O2. The highest BCUT2D eigenvalue weighted by Crippen LogP contribution is 2.29. The topological polar surface area (TPSA) is 62.2 Å². The lowest BCUT2D eigenvalue weighted by atomic mass is 9.84. The van der Waals surface area contributed by atoms with E-state index in [1.807, 2.05) is 20.8 Å². The van der Waals surface area contributed by atoms with Crippen molar-refractivity contribution in [2.75, 3.05) is 11.9 Å². The molecular weight excluding hydrogens is 285 g/mol. The van der Waals surface area contributed by atoms with E-state index in [1.165, 1.54) is 6.07 Å². The van der Waals surface area contributed by atoms with Gasteiger partial charge in [0, 0.05) is 12.7 Å². The minimum absolute atomic E-state index is 0.116. The Kier molecular flexibility index (Phi) is 5.20. The fourth-order valence-corrected chi connectivity index (χ4v) is 1.88. The summed E-state index contributed by atoms with van der Waals surface area (Å²) >= 11 is 0. The van der Waals surface area contributed by atoms with Gasteiger partial charge < -0.3 is 10.4 Å². The molecule has 1 unspecified atom stereocenters. The van der Waals surface area contributed by atoms with E-state index in [-0.39, 0.29) is 17.8 Å². The summed E-state index contributed by atoms with van der Waals surface area (Å²) in [5, 5.41) is 11.9. The maximum absolute atomic E-state index is 12.4. The number of aliphatic carboxylic acids is 1. The first-order chi connectivity index (χ1) is 9.49. The number of pyridine rings is 1. The first-order valence-electron chi connectivity index (χ1n) is 6.49. The molecule has 0 saturated heterocycles. The molecule has 1 heterocycles. The summed E-state index contributed by atoms with van der Waals surface area (Å²) in [5.74, 6) is -1.35. The number of carboxylic acid groups (broad SMARTS) is 1. The molecule has 7 heteroatoms. The molecule has 0 spiro atoms. The van der Waals surface area contributed by atoms with E-state index in [9.17, 15) is 18.0 Å². The van der Waals surface area contributed by atoms with Crippen molar-refractivity contribution in [3.8, 4) is 0 Å². The van der Waals surface area contributed by atoms with E-state index < -0.39 is 23.6 Å². The van der Waals surface area contributed by atoms with Gasteiger partial charge in [-0.1, -0.05) is 20.8 Å². The number of alkyl halides is 3. The maximum atomic E-state index is 12.4. The van der Waals surface area contributed by atoms with E-state index in [1.54, 1.807) is 0 Å². The minimum Gasteiger partial charge on any atom is -0.481 e. The lowest BCUT2D eigenvalue weighted by molar-refractivity contribution is -0.142. The van der Waals surface area contributed by atoms with Gasteiger partial charge in [-0.05, 0) is 24.0 Å². The molecule has 0 bridgehead atoms. The molecule has 0 aliphatic heterocycles. The SMILES string of the molecule is CC(C)(C)CC(CNc1ccc(C(F)(F)F)cn1)C(=O)O. The number of nitrogens with zero attached hydrogens (tertiary/aromatic N) is 1. The molecule has 0 saturated carbocycles. The number of nitrogens with one attached hydrogen (secondary N) is 1. The Hall–Kier alpha value is -1.79. The van der Waals surface area contributed by atoms with Crippen LogP contribution in [0.4, 0.5) is 19.0 Å². The predicted molar refractivity (Wildman–Crippen MR) is 72.9 cm³/mol. The van der Waals surface area contributed by atoms with E-state index >= 15 is 0 Å². The van der Waals surface area contributed by atoms with Crippen LogP contribution in [0.3, 0.4) is 0 Å². The fourth-order valence-electron chi connectivity index (χ4n) is 1.88. The lowest BCUT2D eigenvalue weighted by Gasteiger charge is -2.23. The molecule has 1 aromatic rings. The molecule has 1 aromatic heterocycles. The highest BCUT2D eigenvalue weighted by Gasteiger charge is 2.30. The standard InChI is InChI=1S/C14H19F3N2O2/c1-13(2,3)6-9(12(20)21)7-18-11-5-4-10(8-19-11)14(15,16)17/h4-5,8-9H,6-7H2,1-3H3,(H,18,19)(H,20,21). The van der Waals surface area contributed by atoms with Crippen molar-refractivity contribution in [1.82, 2.24) is 4.98 Å². The van der Waals surface area contributed by atoms with E-state index in [0.29, 0.717) is 6.42 Å². The molecule has 0 amide bonds. The summed E-state index contributed by atoms with van der Waals surface area (Å²) in [7, 11) is 0. The smallest absolute Gasteiger partial charge is 0.417 e. The van der Waals surface area contributed by atoms with Crippen LogP contribution in [0.5, 0.6) is 0 Å². The van der Waals surface area contributed by atoms with Gasteiger partial charge in [-0.25, -0.2) is 4.98 Å². The van der Waals surface area contributed by atoms with Crippen LogP contribution in [0.25, 0.3) is 0 Å². The average molecular weight is 304 g/mol. The molecule has 0 radical (unpaired) electrons. The number of aromatic nitrogens is 1. The second-order valence-corrected chi connectivity index (χ2v) is 6.11. The monoisotopic (exact) mass is 304 g/mol. The number of carbonyl (C=O) groups is 1. The highest BCUT2D eigenvalue weighted by atomic mass is 19.4. The van der Waals surface area contributed by atoms with Crippen LogP contribution in [0.1, 0.15) is 32.8 Å². The Labute approximate surface area is 121 Å². The van der Waals surface area contributed by atoms with Crippen LogP contribution in [0.2, 0.25) is 0 Å². The van der Waals surface area contributed by atoms with Crippen molar-refractivity contribution < 1.29 is 23.1 Å². The quantitative estimate of drug-likeness (QED) is 0.871. The summed E-state index contributed by atoms with van der Waals surface area (Å²) in [6.45, 7) is 5.91. The van der Waals surface area contributed by atoms with Crippen molar-refractivity contribution in [3.63, 3.8) is 0 Å². The molecule has 0 aliphatic rings. The zero-order valence-corrected chi connectivity index (χ0v) is 12.2. The van der Waals surface area contributed by atoms with Crippen molar-refractivity contribution in [3.05, 3.63) is 23.9 Å². The van der Waals surface area contributed by atoms with Gasteiger partial charge >= 0.3 is 12.1 Å². The second-order valence-electron chi connectivity index (χ2n) is 6.11. The van der Waals surface area contributed by atoms with Gasteiger partial charge in [0.25, 0.3) is 0 Å². The molecule has 4 nitrogen and oxygen atoms in total. The molecule has 1 rings (SSSR count). The van der Waals surface area contributed by atoms with E-state index in [0.717, 1.165) is 12.3 Å².